The number of hydrogen-bond donors (Lipinski definition) is 0. The summed E-state index contributed by atoms with van der Waals surface area (Å²) in [6, 6.07) is 4.85. The topological polar surface area (TPSA) is 54.4 Å². The Morgan fingerprint density at radius 1 is 1.39 bits per heavy atom. The maximum absolute atomic E-state index is 14.4. The van der Waals surface area contributed by atoms with E-state index in [1.165, 1.54) is 11.0 Å². The van der Waals surface area contributed by atoms with Crippen molar-refractivity contribution in [1.29, 1.82) is 0 Å². The number of halogens is 1. The molecule has 3 rings (SSSR count). The third-order valence-corrected chi connectivity index (χ3v) is 3.96. The predicted molar refractivity (Wildman–Crippen MR) is 86.1 cm³/mol. The van der Waals surface area contributed by atoms with E-state index < -0.39 is 6.09 Å². The van der Waals surface area contributed by atoms with Crippen LogP contribution in [0.1, 0.15) is 6.92 Å². The molecule has 0 saturated carbocycles. The van der Waals surface area contributed by atoms with Crippen LogP contribution in [0.3, 0.4) is 0 Å². The SMILES string of the molecule is CC=NC[C@H]1CN(c2ccc(N3CCOCC3)c(F)c2)C(=O)O1. The fraction of sp³-hybridized carbons (Fsp3) is 0.500. The average Bonchev–Trinajstić information content (AvgIpc) is 2.94. The minimum Gasteiger partial charge on any atom is -0.442 e. The van der Waals surface area contributed by atoms with Gasteiger partial charge in [-0.15, -0.1) is 0 Å². The number of carbonyl (C=O) groups is 1. The van der Waals surface area contributed by atoms with Crippen LogP contribution < -0.4 is 9.80 Å². The van der Waals surface area contributed by atoms with E-state index in [0.717, 1.165) is 0 Å². The number of amides is 1. The summed E-state index contributed by atoms with van der Waals surface area (Å²) in [5.74, 6) is -0.341. The first-order valence-corrected chi connectivity index (χ1v) is 7.74. The van der Waals surface area contributed by atoms with E-state index in [-0.39, 0.29) is 11.9 Å². The summed E-state index contributed by atoms with van der Waals surface area (Å²) in [6.07, 6.45) is 0.924. The molecule has 1 aromatic carbocycles. The van der Waals surface area contributed by atoms with Crippen LogP contribution in [0, 0.1) is 5.82 Å². The van der Waals surface area contributed by atoms with Crippen LogP contribution in [-0.2, 0) is 9.47 Å². The summed E-state index contributed by atoms with van der Waals surface area (Å²) in [7, 11) is 0. The quantitative estimate of drug-likeness (QED) is 0.797. The molecule has 23 heavy (non-hydrogen) atoms. The molecular weight excluding hydrogens is 301 g/mol. The van der Waals surface area contributed by atoms with Gasteiger partial charge in [0.25, 0.3) is 0 Å². The minimum atomic E-state index is -0.458. The van der Waals surface area contributed by atoms with Crippen molar-refractivity contribution in [2.24, 2.45) is 4.99 Å². The number of anilines is 2. The van der Waals surface area contributed by atoms with Gasteiger partial charge in [-0.1, -0.05) is 0 Å². The Morgan fingerprint density at radius 3 is 2.87 bits per heavy atom. The highest BCUT2D eigenvalue weighted by atomic mass is 19.1. The van der Waals surface area contributed by atoms with Gasteiger partial charge >= 0.3 is 6.09 Å². The minimum absolute atomic E-state index is 0.291. The Morgan fingerprint density at radius 2 is 2.17 bits per heavy atom. The number of hydrogen-bond acceptors (Lipinski definition) is 5. The first kappa shape index (κ1) is 15.7. The third kappa shape index (κ3) is 3.44. The molecule has 2 heterocycles. The highest BCUT2D eigenvalue weighted by Crippen LogP contribution is 2.28. The monoisotopic (exact) mass is 321 g/mol. The standard InChI is InChI=1S/C16H20FN3O3/c1-2-18-10-13-11-20(16(21)23-13)12-3-4-15(14(17)9-12)19-5-7-22-8-6-19/h2-4,9,13H,5-8,10-11H2,1H3/t13-/m0/s1. The summed E-state index contributed by atoms with van der Waals surface area (Å²) in [4.78, 5) is 19.4. The lowest BCUT2D eigenvalue weighted by Gasteiger charge is -2.29. The van der Waals surface area contributed by atoms with Crippen LogP contribution in [0.5, 0.6) is 0 Å². The third-order valence-electron chi connectivity index (χ3n) is 3.96. The molecule has 2 aliphatic rings. The summed E-state index contributed by atoms with van der Waals surface area (Å²) in [5.41, 5.74) is 1.05. The first-order chi connectivity index (χ1) is 11.2. The van der Waals surface area contributed by atoms with Crippen molar-refractivity contribution in [3.8, 4) is 0 Å². The molecule has 0 radical (unpaired) electrons. The molecule has 1 atom stereocenters. The van der Waals surface area contributed by atoms with E-state index in [4.69, 9.17) is 9.47 Å². The van der Waals surface area contributed by atoms with E-state index in [9.17, 15) is 9.18 Å². The first-order valence-electron chi connectivity index (χ1n) is 7.74. The second-order valence-electron chi connectivity index (χ2n) is 5.47. The van der Waals surface area contributed by atoms with Crippen LogP contribution in [-0.4, -0.2) is 57.8 Å². The number of nitrogens with zero attached hydrogens (tertiary/aromatic N) is 3. The van der Waals surface area contributed by atoms with E-state index in [1.54, 1.807) is 18.3 Å². The molecule has 0 aliphatic carbocycles. The van der Waals surface area contributed by atoms with Gasteiger partial charge < -0.3 is 14.4 Å². The summed E-state index contributed by atoms with van der Waals surface area (Å²) in [6.45, 7) is 5.14. The molecule has 0 spiro atoms. The van der Waals surface area contributed by atoms with Gasteiger partial charge in [-0.25, -0.2) is 9.18 Å². The summed E-state index contributed by atoms with van der Waals surface area (Å²) >= 11 is 0. The molecule has 0 unspecified atom stereocenters. The smallest absolute Gasteiger partial charge is 0.414 e. The number of benzene rings is 1. The van der Waals surface area contributed by atoms with Gasteiger partial charge in [0.1, 0.15) is 11.9 Å². The Hall–Kier alpha value is -2.15. The number of carbonyl (C=O) groups excluding carboxylic acids is 1. The van der Waals surface area contributed by atoms with Crippen molar-refractivity contribution in [1.82, 2.24) is 0 Å². The Bertz CT molecular complexity index is 602. The van der Waals surface area contributed by atoms with Crippen molar-refractivity contribution in [2.75, 3.05) is 49.2 Å². The fourth-order valence-corrected chi connectivity index (χ4v) is 2.77. The van der Waals surface area contributed by atoms with Crippen molar-refractivity contribution >= 4 is 23.7 Å². The van der Waals surface area contributed by atoms with Gasteiger partial charge in [0.05, 0.1) is 37.7 Å². The normalized spacial score (nSPS) is 22.0. The fourth-order valence-electron chi connectivity index (χ4n) is 2.77. The van der Waals surface area contributed by atoms with Crippen LogP contribution in [0.15, 0.2) is 23.2 Å². The van der Waals surface area contributed by atoms with Gasteiger partial charge in [-0.2, -0.15) is 0 Å². The van der Waals surface area contributed by atoms with Gasteiger partial charge in [0.15, 0.2) is 0 Å². The molecule has 6 nitrogen and oxygen atoms in total. The molecule has 2 fully saturated rings. The van der Waals surface area contributed by atoms with Crippen molar-refractivity contribution in [3.63, 3.8) is 0 Å². The lowest BCUT2D eigenvalue weighted by atomic mass is 10.2. The molecule has 0 N–H and O–H groups in total. The van der Waals surface area contributed by atoms with E-state index in [1.807, 2.05) is 11.8 Å². The van der Waals surface area contributed by atoms with Gasteiger partial charge in [0, 0.05) is 13.1 Å². The van der Waals surface area contributed by atoms with Gasteiger partial charge in [0.2, 0.25) is 0 Å². The predicted octanol–water partition coefficient (Wildman–Crippen LogP) is 2.08. The van der Waals surface area contributed by atoms with Crippen LogP contribution >= 0.6 is 0 Å². The maximum Gasteiger partial charge on any atom is 0.414 e. The molecule has 124 valence electrons. The molecule has 1 aromatic rings. The van der Waals surface area contributed by atoms with Crippen molar-refractivity contribution in [3.05, 3.63) is 24.0 Å². The Kier molecular flexibility index (Phi) is 4.76. The molecule has 0 bridgehead atoms. The van der Waals surface area contributed by atoms with Gasteiger partial charge in [-0.3, -0.25) is 9.89 Å². The Balaban J connectivity index is 1.73. The number of rotatable bonds is 4. The molecule has 1 amide bonds. The Labute approximate surface area is 134 Å². The zero-order valence-corrected chi connectivity index (χ0v) is 13.1. The second-order valence-corrected chi connectivity index (χ2v) is 5.47. The number of cyclic esters (lactones) is 1. The van der Waals surface area contributed by atoms with Crippen molar-refractivity contribution < 1.29 is 18.7 Å². The van der Waals surface area contributed by atoms with E-state index >= 15 is 0 Å². The van der Waals surface area contributed by atoms with Crippen molar-refractivity contribution in [2.45, 2.75) is 13.0 Å². The lowest BCUT2D eigenvalue weighted by molar-refractivity contribution is 0.122. The zero-order valence-electron chi connectivity index (χ0n) is 13.1. The number of morpholine rings is 1. The van der Waals surface area contributed by atoms with E-state index in [0.29, 0.717) is 50.8 Å². The maximum atomic E-state index is 14.4. The average molecular weight is 321 g/mol. The highest BCUT2D eigenvalue weighted by molar-refractivity contribution is 5.90. The largest absolute Gasteiger partial charge is 0.442 e. The number of ether oxygens (including phenoxy) is 2. The number of aliphatic imine (C=N–C) groups is 1. The van der Waals surface area contributed by atoms with Crippen LogP contribution in [0.2, 0.25) is 0 Å². The highest BCUT2D eigenvalue weighted by Gasteiger charge is 2.32. The van der Waals surface area contributed by atoms with Gasteiger partial charge in [-0.05, 0) is 31.3 Å². The molecule has 7 heteroatoms. The zero-order chi connectivity index (χ0) is 16.2. The second kappa shape index (κ2) is 6.95. The summed E-state index contributed by atoms with van der Waals surface area (Å²) in [5, 5.41) is 0. The molecule has 2 aliphatic heterocycles. The van der Waals surface area contributed by atoms with Crippen LogP contribution in [0.25, 0.3) is 0 Å². The molecule has 0 aromatic heterocycles. The van der Waals surface area contributed by atoms with E-state index in [2.05, 4.69) is 4.99 Å². The molecular formula is C16H20FN3O3. The summed E-state index contributed by atoms with van der Waals surface area (Å²) < 4.78 is 25.0. The van der Waals surface area contributed by atoms with Crippen LogP contribution in [0.4, 0.5) is 20.6 Å². The lowest BCUT2D eigenvalue weighted by Crippen LogP contribution is -2.36. The molecule has 2 saturated heterocycles.